The molecular formula is C21H42Cl3N7O12. The van der Waals surface area contributed by atoms with Crippen LogP contribution in [-0.2, 0) is 23.7 Å². The number of aliphatic imine (C=N–C) groups is 1. The lowest BCUT2D eigenvalue weighted by molar-refractivity contribution is -0.314. The van der Waals surface area contributed by atoms with E-state index < -0.39 is 110 Å². The molecule has 0 amide bonds. The Morgan fingerprint density at radius 1 is 0.953 bits per heavy atom. The van der Waals surface area contributed by atoms with Gasteiger partial charge in [0, 0.05) is 0 Å². The SMILES string of the molecule is CNC1C(OC2C(OC3C(O)C(O)C(N=C(N)N)C(O)C3NC(=N)N)OC(C)C2(O)C=O)OC(CO)C(O)C1O.Cl.Cl.Cl. The van der Waals surface area contributed by atoms with Gasteiger partial charge in [-0.15, -0.1) is 37.2 Å². The van der Waals surface area contributed by atoms with Crippen molar-refractivity contribution in [1.82, 2.24) is 10.6 Å². The summed E-state index contributed by atoms with van der Waals surface area (Å²) in [6.07, 6.45) is -17.3. The predicted octanol–water partition coefficient (Wildman–Crippen LogP) is -6.69. The molecule has 15 atom stereocenters. The molecule has 3 rings (SSSR count). The minimum absolute atomic E-state index is 0. The zero-order chi connectivity index (χ0) is 30.1. The number of hydrogen-bond donors (Lipinski definition) is 13. The Balaban J connectivity index is 0.00000588. The topological polar surface area (TPSA) is 334 Å². The molecule has 19 nitrogen and oxygen atoms in total. The van der Waals surface area contributed by atoms with E-state index in [0.717, 1.165) is 0 Å². The van der Waals surface area contributed by atoms with Gasteiger partial charge < -0.3 is 82.5 Å². The summed E-state index contributed by atoms with van der Waals surface area (Å²) in [5.41, 5.74) is 13.8. The fourth-order valence-corrected chi connectivity index (χ4v) is 5.13. The van der Waals surface area contributed by atoms with Gasteiger partial charge in [-0.3, -0.25) is 10.2 Å². The molecule has 43 heavy (non-hydrogen) atoms. The monoisotopic (exact) mass is 689 g/mol. The number of hydrogen-bond acceptors (Lipinski definition) is 15. The third kappa shape index (κ3) is 8.26. The number of aliphatic hydroxyl groups is 7. The maximum atomic E-state index is 12.1. The summed E-state index contributed by atoms with van der Waals surface area (Å²) in [6.45, 7) is 0.616. The standard InChI is InChI=1S/C21H39N7O12.3ClH/c1-5-21(36,4-30)16(40-17-9(26-2)13(34)10(31)6(3-29)38-17)18(37-5)39-15-8(28-20(24)25)11(32)7(27-19(22)23)12(33)14(15)35;;;/h4-18,26,29,31-36H,3H2,1-2H3,(H4,22,23,27)(H4,24,25,28);3*1H. The van der Waals surface area contributed by atoms with Gasteiger partial charge in [0.25, 0.3) is 0 Å². The second-order valence-corrected chi connectivity index (χ2v) is 9.93. The maximum absolute atomic E-state index is 12.1. The molecule has 1 aliphatic carbocycles. The number of halogens is 3. The second kappa shape index (κ2) is 16.8. The number of carbonyl (C=O) groups excluding carboxylic acids is 1. The molecule has 0 aromatic rings. The molecule has 0 bridgehead atoms. The zero-order valence-electron chi connectivity index (χ0n) is 22.9. The first-order chi connectivity index (χ1) is 18.7. The average Bonchev–Trinajstić information content (AvgIpc) is 3.13. The lowest BCUT2D eigenvalue weighted by atomic mass is 9.81. The molecule has 0 aromatic carbocycles. The number of ether oxygens (including phenoxy) is 4. The lowest BCUT2D eigenvalue weighted by Gasteiger charge is -2.46. The Labute approximate surface area is 264 Å². The number of nitrogens with zero attached hydrogens (tertiary/aromatic N) is 1. The molecule has 254 valence electrons. The highest BCUT2D eigenvalue weighted by Gasteiger charge is 2.60. The molecule has 22 heteroatoms. The number of guanidine groups is 2. The van der Waals surface area contributed by atoms with E-state index in [-0.39, 0.29) is 43.5 Å². The number of likely N-dealkylation sites (N-methyl/N-ethyl adjacent to an activating group) is 1. The molecule has 3 fully saturated rings. The molecule has 16 N–H and O–H groups in total. The third-order valence-corrected chi connectivity index (χ3v) is 7.40. The van der Waals surface area contributed by atoms with E-state index in [2.05, 4.69) is 15.6 Å². The fraction of sp³-hybridized carbons (Fsp3) is 0.857. The van der Waals surface area contributed by atoms with Crippen molar-refractivity contribution < 1.29 is 59.5 Å². The first-order valence-corrected chi connectivity index (χ1v) is 12.4. The normalized spacial score (nSPS) is 44.1. The van der Waals surface area contributed by atoms with Gasteiger partial charge in [-0.2, -0.15) is 0 Å². The number of aldehydes is 1. The molecular weight excluding hydrogens is 649 g/mol. The molecule has 0 aromatic heterocycles. The van der Waals surface area contributed by atoms with Crippen LogP contribution in [-0.4, -0.2) is 159 Å². The molecule has 3 aliphatic rings. The summed E-state index contributed by atoms with van der Waals surface area (Å²) in [5, 5.41) is 86.6. The van der Waals surface area contributed by atoms with E-state index >= 15 is 0 Å². The molecule has 2 saturated heterocycles. The minimum Gasteiger partial charge on any atom is -0.394 e. The summed E-state index contributed by atoms with van der Waals surface area (Å²) in [7, 11) is 1.42. The number of nitrogens with one attached hydrogen (secondary N) is 3. The molecule has 0 spiro atoms. The number of nitrogens with two attached hydrogens (primary N) is 3. The van der Waals surface area contributed by atoms with Gasteiger partial charge in [0.1, 0.15) is 54.9 Å². The molecule has 15 unspecified atom stereocenters. The van der Waals surface area contributed by atoms with Crippen molar-refractivity contribution in [1.29, 1.82) is 5.41 Å². The van der Waals surface area contributed by atoms with E-state index in [0.29, 0.717) is 0 Å². The van der Waals surface area contributed by atoms with Gasteiger partial charge in [0.15, 0.2) is 36.4 Å². The Hall–Kier alpha value is -1.40. The van der Waals surface area contributed by atoms with Gasteiger partial charge in [-0.05, 0) is 14.0 Å². The van der Waals surface area contributed by atoms with Gasteiger partial charge in [-0.25, -0.2) is 4.99 Å². The van der Waals surface area contributed by atoms with Crippen molar-refractivity contribution in [2.24, 2.45) is 22.2 Å². The Kier molecular flexibility index (Phi) is 16.2. The first kappa shape index (κ1) is 41.6. The van der Waals surface area contributed by atoms with Crippen LogP contribution < -0.4 is 27.8 Å². The summed E-state index contributed by atoms with van der Waals surface area (Å²) in [4.78, 5) is 15.8. The highest BCUT2D eigenvalue weighted by Crippen LogP contribution is 2.38. The molecule has 0 radical (unpaired) electrons. The first-order valence-electron chi connectivity index (χ1n) is 12.4. The van der Waals surface area contributed by atoms with Gasteiger partial charge in [0.05, 0.1) is 24.8 Å². The van der Waals surface area contributed by atoms with Crippen LogP contribution >= 0.6 is 37.2 Å². The van der Waals surface area contributed by atoms with E-state index in [1.807, 2.05) is 0 Å². The predicted molar refractivity (Wildman–Crippen MR) is 154 cm³/mol. The number of carbonyl (C=O) groups is 1. The van der Waals surface area contributed by atoms with Gasteiger partial charge in [0.2, 0.25) is 0 Å². The van der Waals surface area contributed by atoms with Crippen LogP contribution in [0.3, 0.4) is 0 Å². The van der Waals surface area contributed by atoms with Crippen LogP contribution in [0.1, 0.15) is 6.92 Å². The zero-order valence-corrected chi connectivity index (χ0v) is 25.4. The molecule has 2 aliphatic heterocycles. The smallest absolute Gasteiger partial charge is 0.188 e. The van der Waals surface area contributed by atoms with E-state index in [1.54, 1.807) is 0 Å². The van der Waals surface area contributed by atoms with E-state index in [9.17, 15) is 40.5 Å². The van der Waals surface area contributed by atoms with Crippen LogP contribution in [0, 0.1) is 5.41 Å². The highest BCUT2D eigenvalue weighted by atomic mass is 35.5. The van der Waals surface area contributed by atoms with E-state index in [4.69, 9.17) is 41.6 Å². The van der Waals surface area contributed by atoms with Crippen LogP contribution in [0.25, 0.3) is 0 Å². The van der Waals surface area contributed by atoms with Crippen LogP contribution in [0.2, 0.25) is 0 Å². The molecule has 1 saturated carbocycles. The van der Waals surface area contributed by atoms with Crippen LogP contribution in [0.5, 0.6) is 0 Å². The fourth-order valence-electron chi connectivity index (χ4n) is 5.13. The second-order valence-electron chi connectivity index (χ2n) is 9.93. The Morgan fingerprint density at radius 2 is 1.56 bits per heavy atom. The van der Waals surface area contributed by atoms with Crippen LogP contribution in [0.15, 0.2) is 4.99 Å². The highest BCUT2D eigenvalue weighted by molar-refractivity contribution is 5.86. The minimum atomic E-state index is -2.39. The summed E-state index contributed by atoms with van der Waals surface area (Å²) >= 11 is 0. The largest absolute Gasteiger partial charge is 0.394 e. The quantitative estimate of drug-likeness (QED) is 0.0607. The van der Waals surface area contributed by atoms with Gasteiger partial charge >= 0.3 is 0 Å². The summed E-state index contributed by atoms with van der Waals surface area (Å²) in [6, 6.07) is -4.02. The van der Waals surface area contributed by atoms with Crippen molar-refractivity contribution in [3.8, 4) is 0 Å². The molecule has 2 heterocycles. The van der Waals surface area contributed by atoms with Crippen molar-refractivity contribution in [3.63, 3.8) is 0 Å². The third-order valence-electron chi connectivity index (χ3n) is 7.40. The van der Waals surface area contributed by atoms with Crippen LogP contribution in [0.4, 0.5) is 0 Å². The average molecular weight is 691 g/mol. The number of aliphatic hydroxyl groups excluding tert-OH is 6. The Morgan fingerprint density at radius 3 is 2.05 bits per heavy atom. The van der Waals surface area contributed by atoms with Crippen molar-refractivity contribution in [3.05, 3.63) is 0 Å². The Bertz CT molecular complexity index is 946. The summed E-state index contributed by atoms with van der Waals surface area (Å²) in [5.74, 6) is -1.16. The van der Waals surface area contributed by atoms with Crippen molar-refractivity contribution in [2.45, 2.75) is 98.2 Å². The lowest BCUT2D eigenvalue weighted by Crippen LogP contribution is -2.70. The summed E-state index contributed by atoms with van der Waals surface area (Å²) < 4.78 is 22.9. The van der Waals surface area contributed by atoms with Crippen molar-refractivity contribution in [2.75, 3.05) is 13.7 Å². The van der Waals surface area contributed by atoms with E-state index in [1.165, 1.54) is 14.0 Å². The van der Waals surface area contributed by atoms with Gasteiger partial charge in [-0.1, -0.05) is 0 Å². The van der Waals surface area contributed by atoms with Crippen molar-refractivity contribution >= 4 is 55.4 Å². The number of rotatable bonds is 9. The maximum Gasteiger partial charge on any atom is 0.188 e.